The highest BCUT2D eigenvalue weighted by Crippen LogP contribution is 2.14. The standard InChI is InChI=1S/C13H20N2O3/c1-2-7-14-13(18)11-5-3-4-6-12(11)15-8-10(17)9-16/h3-6,10,15-17H,2,7-9H2,1H3,(H,14,18). The molecule has 0 spiro atoms. The first kappa shape index (κ1) is 14.5. The fourth-order valence-corrected chi connectivity index (χ4v) is 1.46. The first-order valence-electron chi connectivity index (χ1n) is 6.09. The Kier molecular flexibility index (Phi) is 6.18. The molecular weight excluding hydrogens is 232 g/mol. The molecule has 5 heteroatoms. The fraction of sp³-hybridized carbons (Fsp3) is 0.462. The zero-order valence-electron chi connectivity index (χ0n) is 10.5. The third kappa shape index (κ3) is 4.35. The summed E-state index contributed by atoms with van der Waals surface area (Å²) in [4.78, 5) is 11.9. The van der Waals surface area contributed by atoms with Crippen LogP contribution in [0.2, 0.25) is 0 Å². The van der Waals surface area contributed by atoms with E-state index in [1.807, 2.05) is 13.0 Å². The van der Waals surface area contributed by atoms with Gasteiger partial charge >= 0.3 is 0 Å². The van der Waals surface area contributed by atoms with Crippen molar-refractivity contribution in [2.45, 2.75) is 19.4 Å². The zero-order chi connectivity index (χ0) is 13.4. The number of carbonyl (C=O) groups is 1. The van der Waals surface area contributed by atoms with E-state index in [1.54, 1.807) is 18.2 Å². The number of carbonyl (C=O) groups excluding carboxylic acids is 1. The van der Waals surface area contributed by atoms with Crippen molar-refractivity contribution in [2.24, 2.45) is 0 Å². The predicted octanol–water partition coefficient (Wildman–Crippen LogP) is 0.592. The molecule has 1 atom stereocenters. The molecule has 0 heterocycles. The van der Waals surface area contributed by atoms with E-state index >= 15 is 0 Å². The Morgan fingerprint density at radius 3 is 2.78 bits per heavy atom. The van der Waals surface area contributed by atoms with Gasteiger partial charge in [-0.1, -0.05) is 19.1 Å². The summed E-state index contributed by atoms with van der Waals surface area (Å²) < 4.78 is 0. The smallest absolute Gasteiger partial charge is 0.253 e. The monoisotopic (exact) mass is 252 g/mol. The molecule has 0 bridgehead atoms. The van der Waals surface area contributed by atoms with Crippen LogP contribution in [0.15, 0.2) is 24.3 Å². The number of benzene rings is 1. The van der Waals surface area contributed by atoms with E-state index in [2.05, 4.69) is 10.6 Å². The molecule has 18 heavy (non-hydrogen) atoms. The summed E-state index contributed by atoms with van der Waals surface area (Å²) in [5.41, 5.74) is 1.19. The lowest BCUT2D eigenvalue weighted by Crippen LogP contribution is -2.27. The Hall–Kier alpha value is -1.59. The minimum Gasteiger partial charge on any atom is -0.394 e. The van der Waals surface area contributed by atoms with E-state index in [1.165, 1.54) is 0 Å². The number of hydrogen-bond donors (Lipinski definition) is 4. The molecule has 0 aromatic heterocycles. The maximum absolute atomic E-state index is 11.9. The van der Waals surface area contributed by atoms with Crippen LogP contribution >= 0.6 is 0 Å². The summed E-state index contributed by atoms with van der Waals surface area (Å²) in [6.45, 7) is 2.51. The van der Waals surface area contributed by atoms with Gasteiger partial charge in [0.05, 0.1) is 18.3 Å². The average Bonchev–Trinajstić information content (AvgIpc) is 2.42. The average molecular weight is 252 g/mol. The topological polar surface area (TPSA) is 81.6 Å². The van der Waals surface area contributed by atoms with Crippen molar-refractivity contribution in [2.75, 3.05) is 25.0 Å². The summed E-state index contributed by atoms with van der Waals surface area (Å²) in [6, 6.07) is 7.09. The van der Waals surface area contributed by atoms with Crippen molar-refractivity contribution in [1.29, 1.82) is 0 Å². The molecule has 0 aliphatic carbocycles. The van der Waals surface area contributed by atoms with E-state index < -0.39 is 6.10 Å². The van der Waals surface area contributed by atoms with Crippen LogP contribution in [-0.2, 0) is 0 Å². The van der Waals surface area contributed by atoms with Gasteiger partial charge in [-0.2, -0.15) is 0 Å². The SMILES string of the molecule is CCCNC(=O)c1ccccc1NCC(O)CO. The molecule has 1 aromatic rings. The van der Waals surface area contributed by atoms with Crippen LogP contribution in [0, 0.1) is 0 Å². The first-order chi connectivity index (χ1) is 8.69. The first-order valence-corrected chi connectivity index (χ1v) is 6.09. The Morgan fingerprint density at radius 1 is 1.39 bits per heavy atom. The van der Waals surface area contributed by atoms with Crippen molar-refractivity contribution >= 4 is 11.6 Å². The van der Waals surface area contributed by atoms with Gasteiger partial charge in [-0.15, -0.1) is 0 Å². The third-order valence-electron chi connectivity index (χ3n) is 2.45. The number of nitrogens with one attached hydrogen (secondary N) is 2. The molecule has 1 amide bonds. The van der Waals surface area contributed by atoms with Gasteiger partial charge in [0.25, 0.3) is 5.91 Å². The number of para-hydroxylation sites is 1. The zero-order valence-corrected chi connectivity index (χ0v) is 10.5. The fourth-order valence-electron chi connectivity index (χ4n) is 1.46. The number of anilines is 1. The van der Waals surface area contributed by atoms with Crippen LogP contribution < -0.4 is 10.6 Å². The van der Waals surface area contributed by atoms with Crippen molar-refractivity contribution in [3.05, 3.63) is 29.8 Å². The largest absolute Gasteiger partial charge is 0.394 e. The van der Waals surface area contributed by atoms with E-state index in [0.717, 1.165) is 6.42 Å². The second-order valence-electron chi connectivity index (χ2n) is 4.02. The van der Waals surface area contributed by atoms with Gasteiger partial charge in [0.1, 0.15) is 0 Å². The second-order valence-corrected chi connectivity index (χ2v) is 4.02. The van der Waals surface area contributed by atoms with Gasteiger partial charge in [-0.05, 0) is 18.6 Å². The number of aliphatic hydroxyl groups excluding tert-OH is 2. The molecule has 4 N–H and O–H groups in total. The van der Waals surface area contributed by atoms with Crippen molar-refractivity contribution in [1.82, 2.24) is 5.32 Å². The van der Waals surface area contributed by atoms with Gasteiger partial charge < -0.3 is 20.8 Å². The lowest BCUT2D eigenvalue weighted by Gasteiger charge is -2.14. The Bertz CT molecular complexity index is 382. The number of aliphatic hydroxyl groups is 2. The summed E-state index contributed by atoms with van der Waals surface area (Å²) in [5.74, 6) is -0.140. The lowest BCUT2D eigenvalue weighted by atomic mass is 10.1. The lowest BCUT2D eigenvalue weighted by molar-refractivity contribution is 0.0953. The van der Waals surface area contributed by atoms with Crippen LogP contribution in [0.25, 0.3) is 0 Å². The molecule has 0 aliphatic heterocycles. The van der Waals surface area contributed by atoms with Gasteiger partial charge in [0, 0.05) is 18.8 Å². The minimum atomic E-state index is -0.836. The van der Waals surface area contributed by atoms with Gasteiger partial charge in [-0.25, -0.2) is 0 Å². The maximum atomic E-state index is 11.9. The van der Waals surface area contributed by atoms with Gasteiger partial charge in [-0.3, -0.25) is 4.79 Å². The molecule has 0 radical (unpaired) electrons. The highest BCUT2D eigenvalue weighted by molar-refractivity contribution is 5.99. The van der Waals surface area contributed by atoms with Crippen LogP contribution in [0.4, 0.5) is 5.69 Å². The number of rotatable bonds is 7. The highest BCUT2D eigenvalue weighted by Gasteiger charge is 2.10. The van der Waals surface area contributed by atoms with Gasteiger partial charge in [0.15, 0.2) is 0 Å². The molecule has 0 fully saturated rings. The molecule has 0 saturated heterocycles. The summed E-state index contributed by atoms with van der Waals surface area (Å²) in [5, 5.41) is 23.8. The Labute approximate surface area is 107 Å². The molecular formula is C13H20N2O3. The predicted molar refractivity (Wildman–Crippen MR) is 70.6 cm³/mol. The molecule has 1 aromatic carbocycles. The van der Waals surface area contributed by atoms with Crippen molar-refractivity contribution < 1.29 is 15.0 Å². The van der Waals surface area contributed by atoms with Crippen molar-refractivity contribution in [3.63, 3.8) is 0 Å². The van der Waals surface area contributed by atoms with Gasteiger partial charge in [0.2, 0.25) is 0 Å². The van der Waals surface area contributed by atoms with Crippen LogP contribution in [0.3, 0.4) is 0 Å². The Morgan fingerprint density at radius 2 is 2.11 bits per heavy atom. The summed E-state index contributed by atoms with van der Waals surface area (Å²) in [7, 11) is 0. The van der Waals surface area contributed by atoms with Crippen molar-refractivity contribution in [3.8, 4) is 0 Å². The minimum absolute atomic E-state index is 0.140. The van der Waals surface area contributed by atoms with E-state index in [0.29, 0.717) is 17.8 Å². The van der Waals surface area contributed by atoms with Crippen LogP contribution in [-0.4, -0.2) is 41.9 Å². The van der Waals surface area contributed by atoms with E-state index in [4.69, 9.17) is 5.11 Å². The molecule has 5 nitrogen and oxygen atoms in total. The Balaban J connectivity index is 2.69. The van der Waals surface area contributed by atoms with E-state index in [9.17, 15) is 9.90 Å². The summed E-state index contributed by atoms with van der Waals surface area (Å²) in [6.07, 6.45) is 0.0432. The maximum Gasteiger partial charge on any atom is 0.253 e. The number of amides is 1. The molecule has 1 rings (SSSR count). The molecule has 0 aliphatic rings. The highest BCUT2D eigenvalue weighted by atomic mass is 16.3. The van der Waals surface area contributed by atoms with Crippen LogP contribution in [0.5, 0.6) is 0 Å². The molecule has 1 unspecified atom stereocenters. The normalized spacial score (nSPS) is 11.9. The molecule has 100 valence electrons. The van der Waals surface area contributed by atoms with E-state index in [-0.39, 0.29) is 19.1 Å². The summed E-state index contributed by atoms with van der Waals surface area (Å²) >= 11 is 0. The quantitative estimate of drug-likeness (QED) is 0.572. The van der Waals surface area contributed by atoms with Crippen LogP contribution in [0.1, 0.15) is 23.7 Å². The molecule has 0 saturated carbocycles. The third-order valence-corrected chi connectivity index (χ3v) is 2.45. The second kappa shape index (κ2) is 7.68. The number of hydrogen-bond acceptors (Lipinski definition) is 4.